The number of rotatable bonds is 3. The molecule has 1 aromatic rings. The van der Waals surface area contributed by atoms with E-state index >= 15 is 0 Å². The third-order valence-electron chi connectivity index (χ3n) is 1.69. The van der Waals surface area contributed by atoms with E-state index in [0.717, 1.165) is 12.1 Å². The van der Waals surface area contributed by atoms with Crippen molar-refractivity contribution in [3.8, 4) is 0 Å². The first-order valence-corrected chi connectivity index (χ1v) is 5.14. The van der Waals surface area contributed by atoms with Gasteiger partial charge in [0.15, 0.2) is 0 Å². The summed E-state index contributed by atoms with van der Waals surface area (Å²) in [5.41, 5.74) is -1.32. The van der Waals surface area contributed by atoms with Crippen molar-refractivity contribution in [3.63, 3.8) is 0 Å². The molecule has 11 heteroatoms. The quantitative estimate of drug-likeness (QED) is 0.146. The van der Waals surface area contributed by atoms with E-state index in [1.165, 1.54) is 0 Å². The Kier molecular flexibility index (Phi) is 8.53. The van der Waals surface area contributed by atoms with E-state index in [2.05, 4.69) is 0 Å². The van der Waals surface area contributed by atoms with E-state index in [1.807, 2.05) is 0 Å². The van der Waals surface area contributed by atoms with Crippen LogP contribution in [0.25, 0.3) is 0 Å². The van der Waals surface area contributed by atoms with Crippen LogP contribution in [-0.2, 0) is 10.1 Å². The van der Waals surface area contributed by atoms with Crippen LogP contribution >= 0.6 is 0 Å². The monoisotopic (exact) mass is 290 g/mol. The van der Waals surface area contributed by atoms with Crippen molar-refractivity contribution in [1.29, 1.82) is 5.41 Å². The van der Waals surface area contributed by atoms with E-state index < -0.39 is 37.1 Å². The van der Waals surface area contributed by atoms with Gasteiger partial charge >= 0.3 is 59.1 Å². The zero-order chi connectivity index (χ0) is 12.5. The maximum absolute atomic E-state index is 10.7. The van der Waals surface area contributed by atoms with Crippen molar-refractivity contribution in [3.05, 3.63) is 33.9 Å². The summed E-state index contributed by atoms with van der Waals surface area (Å²) in [6.07, 6.45) is 0. The number of non-ortho nitro benzene ring substituents is 1. The summed E-state index contributed by atoms with van der Waals surface area (Å²) in [4.78, 5) is 8.37. The first kappa shape index (κ1) is 20.3. The summed E-state index contributed by atoms with van der Waals surface area (Å²) in [5, 5.41) is 27.7. The second-order valence-electron chi connectivity index (χ2n) is 2.72. The van der Waals surface area contributed by atoms with Crippen LogP contribution in [0.3, 0.4) is 0 Å². The molecule has 0 heterocycles. The molecule has 0 amide bonds. The number of nitrogens with one attached hydrogen (secondary N) is 1. The molecule has 0 aliphatic heterocycles. The predicted molar refractivity (Wildman–Crippen MR) is 47.9 cm³/mol. The van der Waals surface area contributed by atoms with E-state index in [0.29, 0.717) is 6.07 Å². The van der Waals surface area contributed by atoms with E-state index in [4.69, 9.17) is 5.41 Å². The smallest absolute Gasteiger partial charge is 0.859 e. The number of nitro groups is 1. The molecule has 0 fully saturated rings. The van der Waals surface area contributed by atoms with Gasteiger partial charge in [0.2, 0.25) is 0 Å². The largest absolute Gasteiger partial charge is 1.00 e. The summed E-state index contributed by atoms with van der Waals surface area (Å²) in [5.74, 6) is -1.40. The summed E-state index contributed by atoms with van der Waals surface area (Å²) >= 11 is 0. The fourth-order valence-corrected chi connectivity index (χ4v) is 1.71. The van der Waals surface area contributed by atoms with Crippen LogP contribution in [0.15, 0.2) is 23.1 Å². The fourth-order valence-electron chi connectivity index (χ4n) is 1.02. The molecule has 1 aromatic carbocycles. The predicted octanol–water partition coefficient (Wildman–Crippen LogP) is -6.81. The number of nitro benzene ring substituents is 1. The third kappa shape index (κ3) is 4.94. The van der Waals surface area contributed by atoms with Gasteiger partial charge in [-0.1, -0.05) is 0 Å². The van der Waals surface area contributed by atoms with Crippen LogP contribution in [0.2, 0.25) is 0 Å². The van der Waals surface area contributed by atoms with Gasteiger partial charge < -0.3 is 15.1 Å². The minimum Gasteiger partial charge on any atom is -0.859 e. The van der Waals surface area contributed by atoms with E-state index in [-0.39, 0.29) is 59.1 Å². The molecule has 1 rings (SSSR count). The number of hydrogen-bond acceptors (Lipinski definition) is 7. The second-order valence-corrected chi connectivity index (χ2v) is 4.07. The molecule has 18 heavy (non-hydrogen) atoms. The van der Waals surface area contributed by atoms with Gasteiger partial charge in [-0.05, 0) is 12.0 Å². The molecular weight excluding hydrogens is 286 g/mol. The van der Waals surface area contributed by atoms with Crippen LogP contribution in [0.5, 0.6) is 0 Å². The molecule has 0 saturated carbocycles. The van der Waals surface area contributed by atoms with Crippen LogP contribution in [0, 0.1) is 15.5 Å². The maximum atomic E-state index is 10.7. The molecule has 86 valence electrons. The Labute approximate surface area is 146 Å². The average molecular weight is 290 g/mol. The molecular formula is C7H4N2Na2O6S. The average Bonchev–Trinajstić information content (AvgIpc) is 2.15. The summed E-state index contributed by atoms with van der Waals surface area (Å²) in [7, 11) is -5.03. The third-order valence-corrected chi connectivity index (χ3v) is 2.57. The molecule has 8 nitrogen and oxygen atoms in total. The van der Waals surface area contributed by atoms with Crippen molar-refractivity contribution >= 4 is 21.7 Å². The topological polar surface area (TPSA) is 147 Å². The Balaban J connectivity index is 0. The van der Waals surface area contributed by atoms with Crippen molar-refractivity contribution in [1.82, 2.24) is 0 Å². The molecule has 0 aromatic heterocycles. The standard InChI is InChI=1S/C7H6N2O6S.2Na/c8-7(10)5-2-1-4(9(11)12)3-6(5)16(13,14)15;;/h1-3H,(H2,8,10)(H,13,14,15);;/q;2*+1/p-2. The first-order valence-electron chi connectivity index (χ1n) is 3.74. The summed E-state index contributed by atoms with van der Waals surface area (Å²) in [6, 6.07) is 2.07. The van der Waals surface area contributed by atoms with Gasteiger partial charge in [0.1, 0.15) is 10.1 Å². The molecule has 0 atom stereocenters. The molecule has 0 aliphatic rings. The van der Waals surface area contributed by atoms with Crippen LogP contribution in [0.1, 0.15) is 5.56 Å². The van der Waals surface area contributed by atoms with Crippen LogP contribution in [-0.4, -0.2) is 23.8 Å². The fraction of sp³-hybridized carbons (Fsp3) is 0. The Hall–Kier alpha value is 0.000000000000000444. The van der Waals surface area contributed by atoms with Gasteiger partial charge in [-0.2, -0.15) is 0 Å². The minimum atomic E-state index is -5.03. The Morgan fingerprint density at radius 2 is 1.78 bits per heavy atom. The molecule has 0 radical (unpaired) electrons. The minimum absolute atomic E-state index is 0. The van der Waals surface area contributed by atoms with Crippen molar-refractivity contribution in [2.45, 2.75) is 4.90 Å². The van der Waals surface area contributed by atoms with Crippen molar-refractivity contribution in [2.24, 2.45) is 0 Å². The molecule has 0 spiro atoms. The number of hydrogen-bond donors (Lipinski definition) is 1. The number of benzene rings is 1. The number of nitrogens with zero attached hydrogens (tertiary/aromatic N) is 1. The van der Waals surface area contributed by atoms with Crippen molar-refractivity contribution < 1.29 is 82.1 Å². The molecule has 0 bridgehead atoms. The first-order chi connectivity index (χ1) is 7.23. The zero-order valence-electron chi connectivity index (χ0n) is 9.54. The molecule has 0 aliphatic carbocycles. The SMILES string of the molecule is N=C([O-])c1ccc([N+](=O)[O-])cc1S(=O)(=O)[O-].[Na+].[Na+]. The summed E-state index contributed by atoms with van der Waals surface area (Å²) in [6.45, 7) is 0. The molecule has 1 N–H and O–H groups in total. The Bertz CT molecular complexity index is 573. The van der Waals surface area contributed by atoms with Crippen LogP contribution in [0.4, 0.5) is 5.69 Å². The van der Waals surface area contributed by atoms with Crippen molar-refractivity contribution in [2.75, 3.05) is 0 Å². The Morgan fingerprint density at radius 3 is 2.11 bits per heavy atom. The van der Waals surface area contributed by atoms with Gasteiger partial charge in [-0.3, -0.25) is 10.1 Å². The van der Waals surface area contributed by atoms with E-state index in [1.54, 1.807) is 0 Å². The molecule has 0 saturated heterocycles. The second kappa shape index (κ2) is 7.56. The maximum Gasteiger partial charge on any atom is 1.00 e. The zero-order valence-corrected chi connectivity index (χ0v) is 14.4. The van der Waals surface area contributed by atoms with E-state index in [9.17, 15) is 28.2 Å². The normalized spacial score (nSPS) is 9.83. The van der Waals surface area contributed by atoms with Gasteiger partial charge in [0.25, 0.3) is 5.69 Å². The molecule has 0 unspecified atom stereocenters. The van der Waals surface area contributed by atoms with Gasteiger partial charge in [0, 0.05) is 17.7 Å². The Morgan fingerprint density at radius 1 is 1.28 bits per heavy atom. The van der Waals surface area contributed by atoms with Gasteiger partial charge in [-0.25, -0.2) is 8.42 Å². The summed E-state index contributed by atoms with van der Waals surface area (Å²) < 4.78 is 32.2. The van der Waals surface area contributed by atoms with Gasteiger partial charge in [0.05, 0.1) is 9.82 Å². The van der Waals surface area contributed by atoms with Gasteiger partial charge in [-0.15, -0.1) is 0 Å². The van der Waals surface area contributed by atoms with Crippen LogP contribution < -0.4 is 64.2 Å².